The van der Waals surface area contributed by atoms with Crippen molar-refractivity contribution in [3.05, 3.63) is 75.5 Å². The van der Waals surface area contributed by atoms with Crippen LogP contribution in [0.25, 0.3) is 6.08 Å². The Balaban J connectivity index is 1.95. The number of hydrogen-bond donors (Lipinski definition) is 2. The summed E-state index contributed by atoms with van der Waals surface area (Å²) in [5.41, 5.74) is 4.74. The van der Waals surface area contributed by atoms with Crippen molar-refractivity contribution in [1.29, 1.82) is 0 Å². The summed E-state index contributed by atoms with van der Waals surface area (Å²) >= 11 is 11.7. The molecule has 0 bridgehead atoms. The first kappa shape index (κ1) is 17.0. The Bertz CT molecular complexity index is 778. The molecule has 0 atom stereocenters. The van der Waals surface area contributed by atoms with Gasteiger partial charge in [-0.2, -0.15) is 0 Å². The Morgan fingerprint density at radius 2 is 1.78 bits per heavy atom. The fourth-order valence-electron chi connectivity index (χ4n) is 1.67. The predicted octanol–water partition coefficient (Wildman–Crippen LogP) is 3.61. The van der Waals surface area contributed by atoms with Crippen molar-refractivity contribution >= 4 is 41.1 Å². The number of amides is 2. The molecule has 2 aromatic rings. The second-order valence-electron chi connectivity index (χ2n) is 4.42. The number of carbonyl (C=O) groups is 2. The minimum Gasteiger partial charge on any atom is -0.268 e. The molecule has 0 aromatic heterocycles. The highest BCUT2D eigenvalue weighted by atomic mass is 35.5. The topological polar surface area (TPSA) is 58.2 Å². The van der Waals surface area contributed by atoms with Crippen LogP contribution in [0.5, 0.6) is 0 Å². The summed E-state index contributed by atoms with van der Waals surface area (Å²) in [5.74, 6) is -1.70. The molecule has 2 rings (SSSR count). The first-order valence-corrected chi connectivity index (χ1v) is 7.21. The molecular weight excluding hydrogens is 342 g/mol. The number of benzene rings is 2. The Kier molecular flexibility index (Phi) is 5.73. The van der Waals surface area contributed by atoms with Crippen LogP contribution in [0.1, 0.15) is 15.9 Å². The Morgan fingerprint density at radius 1 is 1.04 bits per heavy atom. The van der Waals surface area contributed by atoms with E-state index >= 15 is 0 Å². The summed E-state index contributed by atoms with van der Waals surface area (Å²) in [4.78, 5) is 23.5. The molecule has 0 radical (unpaired) electrons. The van der Waals surface area contributed by atoms with E-state index in [1.54, 1.807) is 12.1 Å². The molecule has 23 heavy (non-hydrogen) atoms. The van der Waals surface area contributed by atoms with Gasteiger partial charge in [-0.05, 0) is 30.3 Å². The number of hydrogen-bond acceptors (Lipinski definition) is 2. The Labute approximate surface area is 141 Å². The van der Waals surface area contributed by atoms with Gasteiger partial charge in [0.1, 0.15) is 5.82 Å². The lowest BCUT2D eigenvalue weighted by molar-refractivity contribution is -0.117. The van der Waals surface area contributed by atoms with E-state index in [1.165, 1.54) is 36.4 Å². The number of hydrazine groups is 1. The molecule has 0 aliphatic carbocycles. The molecule has 0 saturated heterocycles. The third kappa shape index (κ3) is 4.81. The predicted molar refractivity (Wildman–Crippen MR) is 87.5 cm³/mol. The number of carbonyl (C=O) groups excluding carboxylic acids is 2. The summed E-state index contributed by atoms with van der Waals surface area (Å²) in [7, 11) is 0. The molecule has 0 heterocycles. The van der Waals surface area contributed by atoms with Crippen LogP contribution in [0, 0.1) is 5.82 Å². The van der Waals surface area contributed by atoms with Crippen LogP contribution in [0.3, 0.4) is 0 Å². The lowest BCUT2D eigenvalue weighted by atomic mass is 10.2. The minimum atomic E-state index is -0.625. The van der Waals surface area contributed by atoms with Gasteiger partial charge in [0.15, 0.2) is 0 Å². The number of halogens is 3. The van der Waals surface area contributed by atoms with Gasteiger partial charge in [-0.25, -0.2) is 4.39 Å². The minimum absolute atomic E-state index is 0.123. The van der Waals surface area contributed by atoms with Crippen LogP contribution < -0.4 is 10.9 Å². The van der Waals surface area contributed by atoms with Crippen LogP contribution in [0.15, 0.2) is 48.5 Å². The van der Waals surface area contributed by atoms with Crippen LogP contribution in [0.2, 0.25) is 10.0 Å². The van der Waals surface area contributed by atoms with Gasteiger partial charge in [0.25, 0.3) is 11.8 Å². The van der Waals surface area contributed by atoms with Crippen LogP contribution >= 0.6 is 23.2 Å². The second kappa shape index (κ2) is 7.76. The van der Waals surface area contributed by atoms with Gasteiger partial charge in [-0.3, -0.25) is 20.4 Å². The standard InChI is InChI=1S/C16H11Cl2FN2O2/c17-11-6-7-13(18)12(9-11)16(23)21-20-15(22)8-5-10-3-1-2-4-14(10)19/h1-9H,(H,20,22)(H,21,23)/b8-5+. The van der Waals surface area contributed by atoms with E-state index in [0.29, 0.717) is 5.02 Å². The first-order valence-electron chi connectivity index (χ1n) is 6.45. The van der Waals surface area contributed by atoms with Gasteiger partial charge < -0.3 is 0 Å². The maximum absolute atomic E-state index is 13.4. The van der Waals surface area contributed by atoms with E-state index in [9.17, 15) is 14.0 Å². The normalized spacial score (nSPS) is 10.6. The average molecular weight is 353 g/mol. The molecule has 0 aliphatic heterocycles. The zero-order chi connectivity index (χ0) is 16.8. The zero-order valence-corrected chi connectivity index (χ0v) is 13.2. The van der Waals surface area contributed by atoms with Crippen molar-refractivity contribution in [2.45, 2.75) is 0 Å². The Hall–Kier alpha value is -2.37. The third-order valence-corrected chi connectivity index (χ3v) is 3.36. The molecule has 2 amide bonds. The lowest BCUT2D eigenvalue weighted by Crippen LogP contribution is -2.40. The van der Waals surface area contributed by atoms with E-state index in [0.717, 1.165) is 6.08 Å². The summed E-state index contributed by atoms with van der Waals surface area (Å²) in [5, 5.41) is 0.536. The van der Waals surface area contributed by atoms with E-state index in [1.807, 2.05) is 0 Å². The molecule has 2 N–H and O–H groups in total. The highest BCUT2D eigenvalue weighted by Gasteiger charge is 2.11. The van der Waals surface area contributed by atoms with Gasteiger partial charge in [0.2, 0.25) is 0 Å². The molecule has 4 nitrogen and oxygen atoms in total. The third-order valence-electron chi connectivity index (χ3n) is 2.79. The monoisotopic (exact) mass is 352 g/mol. The van der Waals surface area contributed by atoms with Crippen molar-refractivity contribution in [3.8, 4) is 0 Å². The molecule has 2 aromatic carbocycles. The van der Waals surface area contributed by atoms with E-state index in [4.69, 9.17) is 23.2 Å². The molecular formula is C16H11Cl2FN2O2. The highest BCUT2D eigenvalue weighted by molar-refractivity contribution is 6.35. The summed E-state index contributed by atoms with van der Waals surface area (Å²) in [6.45, 7) is 0. The van der Waals surface area contributed by atoms with Crippen molar-refractivity contribution in [2.24, 2.45) is 0 Å². The molecule has 118 valence electrons. The molecule has 7 heteroatoms. The van der Waals surface area contributed by atoms with Crippen molar-refractivity contribution < 1.29 is 14.0 Å². The van der Waals surface area contributed by atoms with Gasteiger partial charge in [-0.15, -0.1) is 0 Å². The van der Waals surface area contributed by atoms with Gasteiger partial charge in [0.05, 0.1) is 10.6 Å². The molecule has 0 unspecified atom stereocenters. The largest absolute Gasteiger partial charge is 0.271 e. The van der Waals surface area contributed by atoms with Crippen LogP contribution in [-0.4, -0.2) is 11.8 Å². The van der Waals surface area contributed by atoms with Crippen LogP contribution in [0.4, 0.5) is 4.39 Å². The fraction of sp³-hybridized carbons (Fsp3) is 0. The second-order valence-corrected chi connectivity index (χ2v) is 5.27. The molecule has 0 fully saturated rings. The van der Waals surface area contributed by atoms with Gasteiger partial charge in [0, 0.05) is 16.7 Å². The van der Waals surface area contributed by atoms with Crippen LogP contribution in [-0.2, 0) is 4.79 Å². The molecule has 0 saturated carbocycles. The quantitative estimate of drug-likeness (QED) is 0.654. The van der Waals surface area contributed by atoms with Crippen molar-refractivity contribution in [2.75, 3.05) is 0 Å². The molecule has 0 aliphatic rings. The SMILES string of the molecule is O=C(/C=C/c1ccccc1F)NNC(=O)c1cc(Cl)ccc1Cl. The average Bonchev–Trinajstić information content (AvgIpc) is 2.54. The van der Waals surface area contributed by atoms with E-state index < -0.39 is 17.6 Å². The van der Waals surface area contributed by atoms with E-state index in [-0.39, 0.29) is 16.1 Å². The Morgan fingerprint density at radius 3 is 2.52 bits per heavy atom. The van der Waals surface area contributed by atoms with Gasteiger partial charge >= 0.3 is 0 Å². The number of nitrogens with one attached hydrogen (secondary N) is 2. The number of rotatable bonds is 3. The van der Waals surface area contributed by atoms with Gasteiger partial charge in [-0.1, -0.05) is 41.4 Å². The summed E-state index contributed by atoms with van der Waals surface area (Å²) < 4.78 is 13.4. The summed E-state index contributed by atoms with van der Waals surface area (Å²) in [6, 6.07) is 10.4. The first-order chi connectivity index (χ1) is 11.0. The smallest absolute Gasteiger partial charge is 0.268 e. The maximum Gasteiger partial charge on any atom is 0.271 e. The summed E-state index contributed by atoms with van der Waals surface area (Å²) in [6.07, 6.45) is 2.39. The van der Waals surface area contributed by atoms with E-state index in [2.05, 4.69) is 10.9 Å². The lowest BCUT2D eigenvalue weighted by Gasteiger charge is -2.07. The fourth-order valence-corrected chi connectivity index (χ4v) is 2.05. The van der Waals surface area contributed by atoms with Crippen molar-refractivity contribution in [3.63, 3.8) is 0 Å². The maximum atomic E-state index is 13.4. The van der Waals surface area contributed by atoms with Crippen molar-refractivity contribution in [1.82, 2.24) is 10.9 Å². The zero-order valence-electron chi connectivity index (χ0n) is 11.6. The molecule has 0 spiro atoms. The highest BCUT2D eigenvalue weighted by Crippen LogP contribution is 2.20.